The smallest absolute Gasteiger partial charge is 0.175 e. The van der Waals surface area contributed by atoms with Crippen molar-refractivity contribution in [2.45, 2.75) is 24.3 Å². The van der Waals surface area contributed by atoms with Crippen molar-refractivity contribution in [2.75, 3.05) is 46.0 Å². The lowest BCUT2D eigenvalue weighted by molar-refractivity contribution is 0.123. The summed E-state index contributed by atoms with van der Waals surface area (Å²) in [7, 11) is -1.05. The molecule has 1 heterocycles. The van der Waals surface area contributed by atoms with Gasteiger partial charge in [-0.15, -0.1) is 0 Å². The largest absolute Gasteiger partial charge is 0.387 e. The first kappa shape index (κ1) is 18.4. The van der Waals surface area contributed by atoms with E-state index in [4.69, 9.17) is 0 Å². The van der Waals surface area contributed by atoms with E-state index < -0.39 is 15.9 Å². The molecule has 0 amide bonds. The van der Waals surface area contributed by atoms with Gasteiger partial charge in [0, 0.05) is 25.9 Å². The van der Waals surface area contributed by atoms with Gasteiger partial charge in [0.05, 0.1) is 11.0 Å². The molecule has 1 aliphatic rings. The molecule has 23 heavy (non-hydrogen) atoms. The number of rotatable bonds is 7. The molecule has 1 aromatic rings. The summed E-state index contributed by atoms with van der Waals surface area (Å²) >= 11 is 0. The molecule has 0 spiro atoms. The zero-order valence-electron chi connectivity index (χ0n) is 14.3. The molecule has 1 N–H and O–H groups in total. The maximum Gasteiger partial charge on any atom is 0.175 e. The fourth-order valence-corrected chi connectivity index (χ4v) is 3.72. The van der Waals surface area contributed by atoms with E-state index in [0.29, 0.717) is 12.5 Å². The van der Waals surface area contributed by atoms with Gasteiger partial charge in [-0.25, -0.2) is 8.42 Å². The van der Waals surface area contributed by atoms with E-state index >= 15 is 0 Å². The van der Waals surface area contributed by atoms with Gasteiger partial charge in [-0.05, 0) is 50.2 Å². The van der Waals surface area contributed by atoms with E-state index in [1.807, 2.05) is 0 Å². The maximum absolute atomic E-state index is 11.5. The minimum absolute atomic E-state index is 0.289. The molecule has 130 valence electrons. The summed E-state index contributed by atoms with van der Waals surface area (Å²) in [5.74, 6) is 0.666. The number of hydrogen-bond donors (Lipinski definition) is 1. The quantitative estimate of drug-likeness (QED) is 0.813. The molecule has 0 saturated carbocycles. The Kier molecular flexibility index (Phi) is 6.19. The molecule has 1 aliphatic heterocycles. The van der Waals surface area contributed by atoms with E-state index in [0.717, 1.165) is 31.7 Å². The van der Waals surface area contributed by atoms with Crippen molar-refractivity contribution < 1.29 is 13.5 Å². The van der Waals surface area contributed by atoms with Gasteiger partial charge in [-0.3, -0.25) is 0 Å². The molecule has 0 aliphatic carbocycles. The standard InChI is InChI=1S/C17H28N2O3S/c1-4-18(2)11-14-9-10-19(12-14)13-17(20)15-5-7-16(8-6-15)23(3,21)22/h5-8,14,17,20H,4,9-13H2,1-3H3. The number of sulfone groups is 1. The Balaban J connectivity index is 1.89. The average Bonchev–Trinajstić information content (AvgIpc) is 2.93. The lowest BCUT2D eigenvalue weighted by atomic mass is 10.1. The predicted molar refractivity (Wildman–Crippen MR) is 92.2 cm³/mol. The van der Waals surface area contributed by atoms with Gasteiger partial charge < -0.3 is 14.9 Å². The monoisotopic (exact) mass is 340 g/mol. The van der Waals surface area contributed by atoms with Crippen molar-refractivity contribution in [1.82, 2.24) is 9.80 Å². The third-order valence-electron chi connectivity index (χ3n) is 4.60. The lowest BCUT2D eigenvalue weighted by Crippen LogP contribution is -2.30. The molecule has 2 atom stereocenters. The zero-order valence-corrected chi connectivity index (χ0v) is 15.1. The van der Waals surface area contributed by atoms with Crippen LogP contribution < -0.4 is 0 Å². The second-order valence-electron chi connectivity index (χ2n) is 6.63. The zero-order chi connectivity index (χ0) is 17.0. The molecular weight excluding hydrogens is 312 g/mol. The van der Waals surface area contributed by atoms with Crippen LogP contribution in [-0.2, 0) is 9.84 Å². The van der Waals surface area contributed by atoms with Gasteiger partial charge in [-0.2, -0.15) is 0 Å². The Labute approximate surface area is 139 Å². The number of benzene rings is 1. The Hall–Kier alpha value is -0.950. The predicted octanol–water partition coefficient (Wildman–Crippen LogP) is 1.40. The Morgan fingerprint density at radius 2 is 2.00 bits per heavy atom. The van der Waals surface area contributed by atoms with E-state index in [1.165, 1.54) is 12.7 Å². The summed E-state index contributed by atoms with van der Waals surface area (Å²) in [6, 6.07) is 6.55. The minimum Gasteiger partial charge on any atom is -0.387 e. The Morgan fingerprint density at radius 3 is 2.57 bits per heavy atom. The summed E-state index contributed by atoms with van der Waals surface area (Å²) in [6.07, 6.45) is 1.78. The highest BCUT2D eigenvalue weighted by Crippen LogP contribution is 2.22. The first-order chi connectivity index (χ1) is 10.8. The number of aliphatic hydroxyl groups is 1. The number of aliphatic hydroxyl groups excluding tert-OH is 1. The molecule has 0 radical (unpaired) electrons. The molecular formula is C17H28N2O3S. The summed E-state index contributed by atoms with van der Waals surface area (Å²) < 4.78 is 22.9. The summed E-state index contributed by atoms with van der Waals surface area (Å²) in [5, 5.41) is 10.4. The first-order valence-corrected chi connectivity index (χ1v) is 10.1. The summed E-state index contributed by atoms with van der Waals surface area (Å²) in [4.78, 5) is 4.91. The van der Waals surface area contributed by atoms with E-state index in [9.17, 15) is 13.5 Å². The third kappa shape index (κ3) is 5.28. The van der Waals surface area contributed by atoms with Gasteiger partial charge >= 0.3 is 0 Å². The van der Waals surface area contributed by atoms with Crippen molar-refractivity contribution in [1.29, 1.82) is 0 Å². The summed E-state index contributed by atoms with van der Waals surface area (Å²) in [5.41, 5.74) is 0.770. The second kappa shape index (κ2) is 7.75. The highest BCUT2D eigenvalue weighted by Gasteiger charge is 2.25. The lowest BCUT2D eigenvalue weighted by Gasteiger charge is -2.22. The third-order valence-corrected chi connectivity index (χ3v) is 5.73. The Bertz CT molecular complexity index is 601. The second-order valence-corrected chi connectivity index (χ2v) is 8.64. The topological polar surface area (TPSA) is 60.9 Å². The maximum atomic E-state index is 11.5. The van der Waals surface area contributed by atoms with Crippen molar-refractivity contribution in [3.8, 4) is 0 Å². The van der Waals surface area contributed by atoms with E-state index in [2.05, 4.69) is 23.8 Å². The van der Waals surface area contributed by atoms with Crippen LogP contribution in [0.4, 0.5) is 0 Å². The van der Waals surface area contributed by atoms with Crippen molar-refractivity contribution in [2.24, 2.45) is 5.92 Å². The fourth-order valence-electron chi connectivity index (χ4n) is 3.08. The van der Waals surface area contributed by atoms with Crippen LogP contribution in [0, 0.1) is 5.92 Å². The molecule has 2 unspecified atom stereocenters. The van der Waals surface area contributed by atoms with E-state index in [-0.39, 0.29) is 4.90 Å². The molecule has 6 heteroatoms. The summed E-state index contributed by atoms with van der Waals surface area (Å²) in [6.45, 7) is 6.96. The van der Waals surface area contributed by atoms with Crippen molar-refractivity contribution >= 4 is 9.84 Å². The molecule has 5 nitrogen and oxygen atoms in total. The van der Waals surface area contributed by atoms with Gasteiger partial charge in [0.1, 0.15) is 0 Å². The number of nitrogens with zero attached hydrogens (tertiary/aromatic N) is 2. The normalized spacial score (nSPS) is 21.0. The highest BCUT2D eigenvalue weighted by atomic mass is 32.2. The van der Waals surface area contributed by atoms with Crippen LogP contribution >= 0.6 is 0 Å². The minimum atomic E-state index is -3.19. The SMILES string of the molecule is CCN(C)CC1CCN(CC(O)c2ccc(S(C)(=O)=O)cc2)C1. The number of likely N-dealkylation sites (tertiary alicyclic amines) is 1. The van der Waals surface area contributed by atoms with Gasteiger partial charge in [-0.1, -0.05) is 19.1 Å². The van der Waals surface area contributed by atoms with Gasteiger partial charge in [0.2, 0.25) is 0 Å². The van der Waals surface area contributed by atoms with Crippen LogP contribution in [-0.4, -0.2) is 69.4 Å². The van der Waals surface area contributed by atoms with Crippen LogP contribution in [0.3, 0.4) is 0 Å². The average molecular weight is 340 g/mol. The van der Waals surface area contributed by atoms with Crippen LogP contribution in [0.25, 0.3) is 0 Å². The highest BCUT2D eigenvalue weighted by molar-refractivity contribution is 7.90. The molecule has 2 rings (SSSR count). The first-order valence-electron chi connectivity index (χ1n) is 8.18. The van der Waals surface area contributed by atoms with E-state index in [1.54, 1.807) is 24.3 Å². The van der Waals surface area contributed by atoms with Crippen molar-refractivity contribution in [3.05, 3.63) is 29.8 Å². The van der Waals surface area contributed by atoms with Crippen LogP contribution in [0.2, 0.25) is 0 Å². The van der Waals surface area contributed by atoms with Crippen molar-refractivity contribution in [3.63, 3.8) is 0 Å². The Morgan fingerprint density at radius 1 is 1.35 bits per heavy atom. The van der Waals surface area contributed by atoms with Crippen LogP contribution in [0.5, 0.6) is 0 Å². The number of hydrogen-bond acceptors (Lipinski definition) is 5. The number of β-amino-alcohol motifs (C(OH)–C–C–N with tert-alkyl or cyclic N) is 1. The van der Waals surface area contributed by atoms with Crippen LogP contribution in [0.1, 0.15) is 25.0 Å². The molecule has 1 saturated heterocycles. The molecule has 1 aromatic carbocycles. The molecule has 1 fully saturated rings. The van der Waals surface area contributed by atoms with Gasteiger partial charge in [0.25, 0.3) is 0 Å². The van der Waals surface area contributed by atoms with Crippen LogP contribution in [0.15, 0.2) is 29.2 Å². The van der Waals surface area contributed by atoms with Gasteiger partial charge in [0.15, 0.2) is 9.84 Å². The molecule has 0 aromatic heterocycles. The molecule has 0 bridgehead atoms. The fraction of sp³-hybridized carbons (Fsp3) is 0.647.